The Morgan fingerprint density at radius 1 is 1.47 bits per heavy atom. The van der Waals surface area contributed by atoms with Crippen molar-refractivity contribution >= 4 is 23.0 Å². The van der Waals surface area contributed by atoms with Crippen molar-refractivity contribution in [2.24, 2.45) is 5.41 Å². The number of nitrogens with zero attached hydrogens (tertiary/aromatic N) is 1. The van der Waals surface area contributed by atoms with Gasteiger partial charge in [0.2, 0.25) is 0 Å². The van der Waals surface area contributed by atoms with Crippen molar-refractivity contribution in [3.63, 3.8) is 0 Å². The van der Waals surface area contributed by atoms with E-state index in [0.29, 0.717) is 17.3 Å². The van der Waals surface area contributed by atoms with Crippen LogP contribution in [0.3, 0.4) is 0 Å². The molecule has 1 aromatic carbocycles. The molecular weight excluding hydrogens is 268 g/mol. The summed E-state index contributed by atoms with van der Waals surface area (Å²) in [5, 5.41) is 23.6. The number of hydrogen-bond acceptors (Lipinski definition) is 4. The van der Waals surface area contributed by atoms with E-state index in [1.165, 1.54) is 6.07 Å². The summed E-state index contributed by atoms with van der Waals surface area (Å²) >= 11 is 5.77. The molecule has 0 atom stereocenters. The summed E-state index contributed by atoms with van der Waals surface area (Å²) < 4.78 is 0. The molecule has 0 saturated heterocycles. The summed E-state index contributed by atoms with van der Waals surface area (Å²) in [4.78, 5) is 10.5. The minimum atomic E-state index is -0.437. The Morgan fingerprint density at radius 3 is 2.74 bits per heavy atom. The second kappa shape index (κ2) is 5.75. The van der Waals surface area contributed by atoms with Crippen LogP contribution in [0, 0.1) is 15.5 Å². The van der Waals surface area contributed by atoms with E-state index >= 15 is 0 Å². The highest BCUT2D eigenvalue weighted by Crippen LogP contribution is 2.44. The molecule has 2 N–H and O–H groups in total. The van der Waals surface area contributed by atoms with Gasteiger partial charge in [0.25, 0.3) is 5.69 Å². The second-order valence-corrected chi connectivity index (χ2v) is 5.54. The number of nitro benzene ring substituents is 1. The lowest BCUT2D eigenvalue weighted by molar-refractivity contribution is -0.384. The first kappa shape index (κ1) is 14.1. The van der Waals surface area contributed by atoms with E-state index in [-0.39, 0.29) is 17.7 Å². The van der Waals surface area contributed by atoms with Gasteiger partial charge in [-0.2, -0.15) is 0 Å². The van der Waals surface area contributed by atoms with Gasteiger partial charge in [0, 0.05) is 24.2 Å². The number of nitrogens with one attached hydrogen (secondary N) is 1. The molecule has 1 aromatic rings. The van der Waals surface area contributed by atoms with Crippen LogP contribution in [-0.2, 0) is 0 Å². The van der Waals surface area contributed by atoms with E-state index in [0.717, 1.165) is 25.7 Å². The molecule has 0 heterocycles. The SMILES string of the molecule is O=[N+]([O-])c1cc(Cl)ccc1NCC1(CCO)CCC1. The van der Waals surface area contributed by atoms with Crippen molar-refractivity contribution in [2.45, 2.75) is 25.7 Å². The molecule has 1 fully saturated rings. The third-order valence-electron chi connectivity index (χ3n) is 3.87. The van der Waals surface area contributed by atoms with Crippen molar-refractivity contribution in [3.05, 3.63) is 33.3 Å². The maximum atomic E-state index is 11.0. The molecule has 19 heavy (non-hydrogen) atoms. The van der Waals surface area contributed by atoms with Gasteiger partial charge in [-0.3, -0.25) is 10.1 Å². The number of nitro groups is 1. The Kier molecular flexibility index (Phi) is 4.27. The molecule has 0 spiro atoms. The number of benzene rings is 1. The predicted molar refractivity (Wildman–Crippen MR) is 74.6 cm³/mol. The average molecular weight is 285 g/mol. The highest BCUT2D eigenvalue weighted by molar-refractivity contribution is 6.30. The molecule has 6 heteroatoms. The lowest BCUT2D eigenvalue weighted by Crippen LogP contribution is -2.37. The van der Waals surface area contributed by atoms with Crippen LogP contribution in [0.15, 0.2) is 18.2 Å². The van der Waals surface area contributed by atoms with Crippen LogP contribution in [0.2, 0.25) is 5.02 Å². The first-order valence-corrected chi connectivity index (χ1v) is 6.73. The molecule has 0 bridgehead atoms. The lowest BCUT2D eigenvalue weighted by atomic mass is 9.67. The molecule has 1 saturated carbocycles. The Balaban J connectivity index is 2.09. The number of aliphatic hydroxyl groups is 1. The quantitative estimate of drug-likeness (QED) is 0.621. The molecule has 5 nitrogen and oxygen atoms in total. The van der Waals surface area contributed by atoms with E-state index in [4.69, 9.17) is 16.7 Å². The molecule has 104 valence electrons. The Labute approximate surface area is 116 Å². The molecule has 0 radical (unpaired) electrons. The van der Waals surface area contributed by atoms with Gasteiger partial charge in [-0.1, -0.05) is 18.0 Å². The molecule has 0 amide bonds. The Bertz CT molecular complexity index is 475. The highest BCUT2D eigenvalue weighted by Gasteiger charge is 2.36. The smallest absolute Gasteiger partial charge is 0.293 e. The summed E-state index contributed by atoms with van der Waals surface area (Å²) in [5.41, 5.74) is 0.562. The molecular formula is C13H17ClN2O3. The Hall–Kier alpha value is -1.33. The normalized spacial score (nSPS) is 16.7. The summed E-state index contributed by atoms with van der Waals surface area (Å²) in [5.74, 6) is 0. The minimum Gasteiger partial charge on any atom is -0.396 e. The average Bonchev–Trinajstić information content (AvgIpc) is 2.33. The van der Waals surface area contributed by atoms with Crippen LogP contribution < -0.4 is 5.32 Å². The standard InChI is InChI=1S/C13H17ClN2O3/c14-10-2-3-11(12(8-10)16(18)19)15-9-13(6-7-17)4-1-5-13/h2-3,8,15,17H,1,4-7,9H2. The zero-order valence-corrected chi connectivity index (χ0v) is 11.3. The first-order chi connectivity index (χ1) is 9.06. The molecule has 1 aliphatic rings. The van der Waals surface area contributed by atoms with E-state index in [9.17, 15) is 10.1 Å². The molecule has 2 rings (SSSR count). The largest absolute Gasteiger partial charge is 0.396 e. The monoisotopic (exact) mass is 284 g/mol. The summed E-state index contributed by atoms with van der Waals surface area (Å²) in [7, 11) is 0. The fourth-order valence-electron chi connectivity index (χ4n) is 2.52. The van der Waals surface area contributed by atoms with Crippen molar-refractivity contribution in [2.75, 3.05) is 18.5 Å². The van der Waals surface area contributed by atoms with E-state index in [2.05, 4.69) is 5.32 Å². The predicted octanol–water partition coefficient (Wildman–Crippen LogP) is 3.21. The van der Waals surface area contributed by atoms with Gasteiger partial charge in [-0.05, 0) is 36.8 Å². The maximum absolute atomic E-state index is 11.0. The molecule has 0 aromatic heterocycles. The zero-order valence-electron chi connectivity index (χ0n) is 10.6. The highest BCUT2D eigenvalue weighted by atomic mass is 35.5. The number of anilines is 1. The number of rotatable bonds is 6. The van der Waals surface area contributed by atoms with Gasteiger partial charge in [-0.15, -0.1) is 0 Å². The third-order valence-corrected chi connectivity index (χ3v) is 4.10. The summed E-state index contributed by atoms with van der Waals surface area (Å²) in [6.45, 7) is 0.806. The van der Waals surface area contributed by atoms with Crippen LogP contribution in [-0.4, -0.2) is 23.2 Å². The third kappa shape index (κ3) is 3.16. The zero-order chi connectivity index (χ0) is 13.9. The van der Waals surface area contributed by atoms with Gasteiger partial charge < -0.3 is 10.4 Å². The lowest BCUT2D eigenvalue weighted by Gasteiger charge is -2.42. The van der Waals surface area contributed by atoms with Crippen LogP contribution in [0.4, 0.5) is 11.4 Å². The topological polar surface area (TPSA) is 75.4 Å². The van der Waals surface area contributed by atoms with Crippen LogP contribution >= 0.6 is 11.6 Å². The summed E-state index contributed by atoms with van der Waals surface area (Å²) in [6.07, 6.45) is 4.01. The molecule has 1 aliphatic carbocycles. The van der Waals surface area contributed by atoms with Gasteiger partial charge in [0.05, 0.1) is 4.92 Å². The van der Waals surface area contributed by atoms with Crippen molar-refractivity contribution in [3.8, 4) is 0 Å². The van der Waals surface area contributed by atoms with Crippen LogP contribution in [0.25, 0.3) is 0 Å². The van der Waals surface area contributed by atoms with Crippen molar-refractivity contribution in [1.29, 1.82) is 0 Å². The number of halogens is 1. The van der Waals surface area contributed by atoms with Crippen LogP contribution in [0.1, 0.15) is 25.7 Å². The molecule has 0 aliphatic heterocycles. The van der Waals surface area contributed by atoms with Gasteiger partial charge >= 0.3 is 0 Å². The minimum absolute atomic E-state index is 0.00836. The Morgan fingerprint density at radius 2 is 2.21 bits per heavy atom. The maximum Gasteiger partial charge on any atom is 0.293 e. The van der Waals surface area contributed by atoms with E-state index in [1.807, 2.05) is 0 Å². The van der Waals surface area contributed by atoms with Gasteiger partial charge in [0.15, 0.2) is 0 Å². The first-order valence-electron chi connectivity index (χ1n) is 6.35. The van der Waals surface area contributed by atoms with E-state index < -0.39 is 4.92 Å². The fourth-order valence-corrected chi connectivity index (χ4v) is 2.68. The van der Waals surface area contributed by atoms with E-state index in [1.54, 1.807) is 12.1 Å². The van der Waals surface area contributed by atoms with Gasteiger partial charge in [0.1, 0.15) is 5.69 Å². The summed E-state index contributed by atoms with van der Waals surface area (Å²) in [6, 6.07) is 4.62. The second-order valence-electron chi connectivity index (χ2n) is 5.10. The molecule has 0 unspecified atom stereocenters. The number of aliphatic hydroxyl groups excluding tert-OH is 1. The van der Waals surface area contributed by atoms with Gasteiger partial charge in [-0.25, -0.2) is 0 Å². The number of hydrogen-bond donors (Lipinski definition) is 2. The van der Waals surface area contributed by atoms with Crippen molar-refractivity contribution < 1.29 is 10.0 Å². The van der Waals surface area contributed by atoms with Crippen LogP contribution in [0.5, 0.6) is 0 Å². The van der Waals surface area contributed by atoms with Crippen molar-refractivity contribution in [1.82, 2.24) is 0 Å². The fraction of sp³-hybridized carbons (Fsp3) is 0.538.